The Labute approximate surface area is 301 Å². The first-order chi connectivity index (χ1) is 20.7. The van der Waals surface area contributed by atoms with Gasteiger partial charge in [0.15, 0.2) is 20.2 Å². The van der Waals surface area contributed by atoms with Crippen molar-refractivity contribution in [1.82, 2.24) is 19.9 Å². The average molecular weight is 828 g/mol. The summed E-state index contributed by atoms with van der Waals surface area (Å²) in [6, 6.07) is 14.2. The van der Waals surface area contributed by atoms with Crippen LogP contribution in [-0.4, -0.2) is 52.0 Å². The minimum absolute atomic E-state index is 0. The Bertz CT molecular complexity index is 1370. The van der Waals surface area contributed by atoms with Crippen LogP contribution in [0.5, 0.6) is 0 Å². The fourth-order valence-electron chi connectivity index (χ4n) is 3.40. The minimum atomic E-state index is -1.08. The van der Waals surface area contributed by atoms with Gasteiger partial charge in [-0.05, 0) is 62.4 Å². The van der Waals surface area contributed by atoms with Gasteiger partial charge in [-0.3, -0.25) is 29.5 Å². The maximum Gasteiger partial charge on any atom is 2.00 e. The Morgan fingerprint density at radius 2 is 0.689 bits per heavy atom. The summed E-state index contributed by atoms with van der Waals surface area (Å²) in [5, 5.41) is 17.8. The summed E-state index contributed by atoms with van der Waals surface area (Å²) >= 11 is 28.8. The SMILES string of the molecule is CC(=O)[O-].CC(=O)[O-].ClC(Cl)Cl.ClC(Cl)Cl.O=C1c2cccnc2-c2ncccc21.O=C1c2cccnc2-c2ncccc21.[Pd+2]. The molecule has 0 spiro atoms. The first kappa shape index (κ1) is 42.3. The molecule has 4 aromatic heterocycles. The largest absolute Gasteiger partial charge is 2.00 e. The molecule has 0 saturated heterocycles. The van der Waals surface area contributed by atoms with Crippen LogP contribution in [0.4, 0.5) is 0 Å². The molecule has 0 aliphatic heterocycles. The van der Waals surface area contributed by atoms with E-state index in [0.717, 1.165) is 13.8 Å². The van der Waals surface area contributed by atoms with E-state index < -0.39 is 20.5 Å². The summed E-state index contributed by atoms with van der Waals surface area (Å²) < 4.78 is -1.50. The van der Waals surface area contributed by atoms with Crippen LogP contribution in [0.1, 0.15) is 45.7 Å². The van der Waals surface area contributed by atoms with E-state index in [9.17, 15) is 9.59 Å². The standard InChI is InChI=1S/2C11H6N2O.2C2H4O2.2CHCl3.Pd/c2*14-11-7-3-1-5-12-9(7)10-8(11)4-2-6-13-10;2*1-2(3)4;2*2-1(3)4;/h2*1-6H;2*1H3,(H,3,4);2*1H;/q;;;;;;+2/p-2. The third kappa shape index (κ3) is 14.9. The van der Waals surface area contributed by atoms with Gasteiger partial charge >= 0.3 is 20.4 Å². The number of pyridine rings is 4. The van der Waals surface area contributed by atoms with Gasteiger partial charge in [-0.15, -0.1) is 0 Å². The summed E-state index contributed by atoms with van der Waals surface area (Å²) in [4.78, 5) is 58.1. The molecule has 0 atom stereocenters. The van der Waals surface area contributed by atoms with Gasteiger partial charge in [0.05, 0.1) is 22.3 Å². The van der Waals surface area contributed by atoms with Gasteiger partial charge in [-0.1, -0.05) is 69.6 Å². The van der Waals surface area contributed by atoms with Crippen molar-refractivity contribution in [3.05, 3.63) is 95.6 Å². The molecule has 0 saturated carbocycles. The quantitative estimate of drug-likeness (QED) is 0.153. The third-order valence-electron chi connectivity index (χ3n) is 4.66. The van der Waals surface area contributed by atoms with Crippen LogP contribution in [0.15, 0.2) is 73.3 Å². The van der Waals surface area contributed by atoms with E-state index in [-0.39, 0.29) is 32.0 Å². The van der Waals surface area contributed by atoms with Gasteiger partial charge in [-0.25, -0.2) is 0 Å². The Hall–Kier alpha value is -2.72. The van der Waals surface area contributed by atoms with E-state index in [1.54, 1.807) is 73.3 Å². The molecule has 4 heterocycles. The molecule has 6 rings (SSSR count). The first-order valence-corrected chi connectivity index (χ1v) is 14.4. The number of fused-ring (bicyclic) bond motifs is 6. The van der Waals surface area contributed by atoms with Crippen molar-refractivity contribution < 1.29 is 49.8 Å². The molecular formula is C28H20Cl6N4O6Pd. The second-order valence-corrected chi connectivity index (χ2v) is 11.7. The average Bonchev–Trinajstić information content (AvgIpc) is 3.40. The predicted octanol–water partition coefficient (Wildman–Crippen LogP) is 4.86. The monoisotopic (exact) mass is 824 g/mol. The number of nitrogens with zero attached hydrogens (tertiary/aromatic N) is 4. The van der Waals surface area contributed by atoms with E-state index in [1.807, 2.05) is 0 Å². The zero-order valence-electron chi connectivity index (χ0n) is 22.9. The van der Waals surface area contributed by atoms with Crippen LogP contribution < -0.4 is 10.2 Å². The van der Waals surface area contributed by atoms with Crippen LogP contribution in [-0.2, 0) is 30.0 Å². The molecule has 4 aromatic rings. The normalized spacial score (nSPS) is 10.4. The molecule has 0 bridgehead atoms. The number of halogens is 6. The molecule has 240 valence electrons. The zero-order chi connectivity index (χ0) is 33.4. The Morgan fingerprint density at radius 1 is 0.533 bits per heavy atom. The van der Waals surface area contributed by atoms with E-state index in [2.05, 4.69) is 19.9 Å². The molecule has 17 heteroatoms. The first-order valence-electron chi connectivity index (χ1n) is 11.8. The summed E-state index contributed by atoms with van der Waals surface area (Å²) in [5.41, 5.74) is 5.42. The van der Waals surface area contributed by atoms with Crippen LogP contribution >= 0.6 is 69.6 Å². The van der Waals surface area contributed by atoms with Crippen molar-refractivity contribution in [2.75, 3.05) is 0 Å². The van der Waals surface area contributed by atoms with Crippen LogP contribution in [0.2, 0.25) is 0 Å². The Balaban J connectivity index is 0.000000583. The van der Waals surface area contributed by atoms with Gasteiger partial charge in [-0.2, -0.15) is 0 Å². The maximum atomic E-state index is 11.8. The second-order valence-electron chi connectivity index (χ2n) is 7.73. The van der Waals surface area contributed by atoms with Crippen molar-refractivity contribution >= 4 is 93.1 Å². The minimum Gasteiger partial charge on any atom is -0.550 e. The zero-order valence-corrected chi connectivity index (χ0v) is 29.0. The molecule has 0 amide bonds. The van der Waals surface area contributed by atoms with Crippen molar-refractivity contribution in [1.29, 1.82) is 0 Å². The summed E-state index contributed by atoms with van der Waals surface area (Å²) in [6.45, 7) is 1.94. The van der Waals surface area contributed by atoms with Crippen molar-refractivity contribution in [2.45, 2.75) is 22.4 Å². The van der Waals surface area contributed by atoms with Gasteiger partial charge in [0.1, 0.15) is 22.8 Å². The number of carboxylic acid groups (broad SMARTS) is 2. The summed E-state index contributed by atoms with van der Waals surface area (Å²) in [6.07, 6.45) is 6.71. The molecule has 0 radical (unpaired) electrons. The van der Waals surface area contributed by atoms with Crippen molar-refractivity contribution in [3.8, 4) is 22.8 Å². The Morgan fingerprint density at radius 3 is 0.844 bits per heavy atom. The maximum absolute atomic E-state index is 11.8. The number of hydrogen-bond donors (Lipinski definition) is 0. The van der Waals surface area contributed by atoms with Crippen molar-refractivity contribution in [3.63, 3.8) is 0 Å². The van der Waals surface area contributed by atoms with Crippen LogP contribution in [0.25, 0.3) is 22.8 Å². The molecule has 10 nitrogen and oxygen atoms in total. The van der Waals surface area contributed by atoms with Gasteiger partial charge < -0.3 is 19.8 Å². The van der Waals surface area contributed by atoms with E-state index in [1.165, 1.54) is 0 Å². The topological polar surface area (TPSA) is 166 Å². The number of carbonyl (C=O) groups excluding carboxylic acids is 4. The number of aliphatic carboxylic acids is 2. The molecule has 2 aliphatic carbocycles. The van der Waals surface area contributed by atoms with E-state index >= 15 is 0 Å². The smallest absolute Gasteiger partial charge is 0.550 e. The number of aromatic nitrogens is 4. The van der Waals surface area contributed by atoms with E-state index in [0.29, 0.717) is 45.0 Å². The van der Waals surface area contributed by atoms with Crippen LogP contribution in [0.3, 0.4) is 0 Å². The van der Waals surface area contributed by atoms with E-state index in [4.69, 9.17) is 89.4 Å². The predicted molar refractivity (Wildman–Crippen MR) is 166 cm³/mol. The van der Waals surface area contributed by atoms with Gasteiger partial charge in [0.2, 0.25) is 0 Å². The number of alkyl halides is 6. The van der Waals surface area contributed by atoms with Gasteiger partial charge in [0.25, 0.3) is 0 Å². The molecule has 0 N–H and O–H groups in total. The summed E-state index contributed by atoms with van der Waals surface area (Å²) in [7, 11) is 0. The van der Waals surface area contributed by atoms with Gasteiger partial charge in [0, 0.05) is 36.7 Å². The number of hydrogen-bond acceptors (Lipinski definition) is 10. The molecule has 0 aromatic carbocycles. The Kier molecular flexibility index (Phi) is 20.6. The summed E-state index contributed by atoms with van der Waals surface area (Å²) in [5.74, 6) is -2.12. The number of rotatable bonds is 0. The fraction of sp³-hybridized carbons (Fsp3) is 0.143. The number of ketones is 2. The third-order valence-corrected chi connectivity index (χ3v) is 4.66. The molecule has 2 aliphatic rings. The molecule has 0 fully saturated rings. The molecule has 45 heavy (non-hydrogen) atoms. The number of carboxylic acids is 2. The number of carbonyl (C=O) groups is 4. The molecular weight excluding hydrogens is 807 g/mol. The second kappa shape index (κ2) is 21.9. The fourth-order valence-corrected chi connectivity index (χ4v) is 3.40. The molecule has 0 unspecified atom stereocenters. The van der Waals surface area contributed by atoms with Crippen LogP contribution in [0, 0.1) is 0 Å². The van der Waals surface area contributed by atoms with Crippen molar-refractivity contribution in [2.24, 2.45) is 0 Å².